The van der Waals surface area contributed by atoms with E-state index >= 15 is 0 Å². The molecule has 1 aliphatic heterocycles. The van der Waals surface area contributed by atoms with E-state index in [0.29, 0.717) is 6.54 Å². The van der Waals surface area contributed by atoms with Crippen molar-refractivity contribution in [3.63, 3.8) is 0 Å². The van der Waals surface area contributed by atoms with Crippen LogP contribution in [0.25, 0.3) is 0 Å². The molecule has 2 rings (SSSR count). The van der Waals surface area contributed by atoms with Gasteiger partial charge < -0.3 is 15.5 Å². The third-order valence-electron chi connectivity index (χ3n) is 3.52. The molecular weight excluding hydrogens is 252 g/mol. The highest BCUT2D eigenvalue weighted by atomic mass is 16.2. The highest BCUT2D eigenvalue weighted by Gasteiger charge is 2.16. The molecule has 2 heterocycles. The second kappa shape index (κ2) is 6.22. The van der Waals surface area contributed by atoms with Gasteiger partial charge in [-0.05, 0) is 17.0 Å². The van der Waals surface area contributed by atoms with Gasteiger partial charge in [-0.15, -0.1) is 0 Å². The number of aromatic nitrogens is 1. The number of piperazine rings is 1. The summed E-state index contributed by atoms with van der Waals surface area (Å²) in [6.07, 6.45) is 1.87. The molecule has 2 N–H and O–H groups in total. The number of hydrogen-bond acceptors (Lipinski definition) is 4. The van der Waals surface area contributed by atoms with Crippen LogP contribution in [0, 0.1) is 0 Å². The number of anilines is 1. The molecule has 110 valence electrons. The average Bonchev–Trinajstić information content (AvgIpc) is 2.45. The van der Waals surface area contributed by atoms with E-state index in [2.05, 4.69) is 42.5 Å². The lowest BCUT2D eigenvalue weighted by Crippen LogP contribution is -2.48. The molecule has 1 aromatic rings. The fourth-order valence-corrected chi connectivity index (χ4v) is 2.13. The minimum Gasteiger partial charge on any atom is -0.361 e. The number of hydrogen-bond donors (Lipinski definition) is 2. The Balaban J connectivity index is 1.86. The minimum atomic E-state index is 0.0994. The first-order valence-electron chi connectivity index (χ1n) is 7.16. The predicted molar refractivity (Wildman–Crippen MR) is 80.9 cm³/mol. The summed E-state index contributed by atoms with van der Waals surface area (Å²) in [6, 6.07) is 4.00. The van der Waals surface area contributed by atoms with E-state index in [1.54, 1.807) is 0 Å². The fourth-order valence-electron chi connectivity index (χ4n) is 2.13. The highest BCUT2D eigenvalue weighted by Crippen LogP contribution is 2.21. The number of pyridine rings is 1. The van der Waals surface area contributed by atoms with E-state index in [1.807, 2.05) is 17.2 Å². The van der Waals surface area contributed by atoms with E-state index in [1.165, 1.54) is 5.56 Å². The van der Waals surface area contributed by atoms with Crippen molar-refractivity contribution in [2.24, 2.45) is 0 Å². The lowest BCUT2D eigenvalue weighted by Gasteiger charge is -2.27. The number of nitrogens with zero attached hydrogens (tertiary/aromatic N) is 2. The smallest absolute Gasteiger partial charge is 0.242 e. The van der Waals surface area contributed by atoms with Gasteiger partial charge in [0, 0.05) is 32.4 Å². The van der Waals surface area contributed by atoms with Crippen LogP contribution in [0.3, 0.4) is 0 Å². The zero-order valence-corrected chi connectivity index (χ0v) is 12.6. The molecule has 1 amide bonds. The molecule has 0 aromatic carbocycles. The number of rotatable bonds is 3. The van der Waals surface area contributed by atoms with Crippen LogP contribution in [0.4, 0.5) is 5.82 Å². The summed E-state index contributed by atoms with van der Waals surface area (Å²) in [5.41, 5.74) is 1.29. The largest absolute Gasteiger partial charge is 0.361 e. The van der Waals surface area contributed by atoms with Gasteiger partial charge in [0.2, 0.25) is 5.91 Å². The van der Waals surface area contributed by atoms with Crippen LogP contribution >= 0.6 is 0 Å². The van der Waals surface area contributed by atoms with E-state index in [-0.39, 0.29) is 11.3 Å². The molecule has 20 heavy (non-hydrogen) atoms. The molecule has 1 fully saturated rings. The predicted octanol–water partition coefficient (Wildman–Crippen LogP) is 1.22. The molecule has 1 aromatic heterocycles. The van der Waals surface area contributed by atoms with Crippen LogP contribution in [0.2, 0.25) is 0 Å². The van der Waals surface area contributed by atoms with E-state index in [0.717, 1.165) is 32.0 Å². The Bertz CT molecular complexity index is 444. The van der Waals surface area contributed by atoms with Crippen molar-refractivity contribution in [2.75, 3.05) is 38.0 Å². The molecule has 0 bridgehead atoms. The molecule has 0 saturated carbocycles. The molecule has 1 saturated heterocycles. The zero-order chi connectivity index (χ0) is 14.6. The Kier molecular flexibility index (Phi) is 4.60. The van der Waals surface area contributed by atoms with Gasteiger partial charge in [-0.3, -0.25) is 4.79 Å². The lowest BCUT2D eigenvalue weighted by atomic mass is 9.88. The van der Waals surface area contributed by atoms with Gasteiger partial charge in [0.15, 0.2) is 0 Å². The van der Waals surface area contributed by atoms with Gasteiger partial charge in [-0.2, -0.15) is 0 Å². The van der Waals surface area contributed by atoms with Crippen molar-refractivity contribution in [1.29, 1.82) is 0 Å². The molecule has 0 aliphatic carbocycles. The van der Waals surface area contributed by atoms with Crippen LogP contribution < -0.4 is 10.6 Å². The molecule has 5 heteroatoms. The maximum absolute atomic E-state index is 12.0. The maximum atomic E-state index is 12.0. The summed E-state index contributed by atoms with van der Waals surface area (Å²) in [4.78, 5) is 18.3. The van der Waals surface area contributed by atoms with Crippen molar-refractivity contribution >= 4 is 11.7 Å². The molecule has 0 unspecified atom stereocenters. The summed E-state index contributed by atoms with van der Waals surface area (Å²) in [6.45, 7) is 10.1. The Labute approximate surface area is 120 Å². The maximum Gasteiger partial charge on any atom is 0.242 e. The van der Waals surface area contributed by atoms with Crippen molar-refractivity contribution < 1.29 is 4.79 Å². The Morgan fingerprint density at radius 3 is 2.60 bits per heavy atom. The molecule has 5 nitrogen and oxygen atoms in total. The number of carbonyl (C=O) groups excluding carboxylic acids is 1. The Morgan fingerprint density at radius 1 is 1.35 bits per heavy atom. The molecule has 0 radical (unpaired) electrons. The second-order valence-electron chi connectivity index (χ2n) is 6.17. The van der Waals surface area contributed by atoms with Crippen molar-refractivity contribution in [3.8, 4) is 0 Å². The van der Waals surface area contributed by atoms with E-state index in [4.69, 9.17) is 0 Å². The van der Waals surface area contributed by atoms with Crippen molar-refractivity contribution in [2.45, 2.75) is 26.2 Å². The first kappa shape index (κ1) is 14.8. The number of amides is 1. The van der Waals surface area contributed by atoms with Crippen LogP contribution in [0.1, 0.15) is 26.3 Å². The third-order valence-corrected chi connectivity index (χ3v) is 3.52. The summed E-state index contributed by atoms with van der Waals surface area (Å²) in [5, 5.41) is 6.33. The van der Waals surface area contributed by atoms with E-state index in [9.17, 15) is 4.79 Å². The number of carbonyl (C=O) groups is 1. The van der Waals surface area contributed by atoms with Gasteiger partial charge >= 0.3 is 0 Å². The monoisotopic (exact) mass is 276 g/mol. The Morgan fingerprint density at radius 2 is 2.05 bits per heavy atom. The van der Waals surface area contributed by atoms with E-state index < -0.39 is 0 Å². The normalized spacial score (nSPS) is 16.1. The van der Waals surface area contributed by atoms with Gasteiger partial charge in [-0.1, -0.05) is 26.8 Å². The zero-order valence-electron chi connectivity index (χ0n) is 12.6. The number of nitrogens with one attached hydrogen (secondary N) is 2. The first-order chi connectivity index (χ1) is 9.47. The molecule has 1 aliphatic rings. The molecule has 0 spiro atoms. The topological polar surface area (TPSA) is 57.3 Å². The molecule has 0 atom stereocenters. The summed E-state index contributed by atoms with van der Waals surface area (Å²) < 4.78 is 0. The van der Waals surface area contributed by atoms with Gasteiger partial charge in [-0.25, -0.2) is 4.98 Å². The van der Waals surface area contributed by atoms with Crippen molar-refractivity contribution in [3.05, 3.63) is 23.9 Å². The summed E-state index contributed by atoms with van der Waals surface area (Å²) in [7, 11) is 0. The fraction of sp³-hybridized carbons (Fsp3) is 0.600. The molecular formula is C15H24N4O. The van der Waals surface area contributed by atoms with Gasteiger partial charge in [0.05, 0.1) is 6.54 Å². The van der Waals surface area contributed by atoms with Crippen molar-refractivity contribution in [1.82, 2.24) is 15.2 Å². The summed E-state index contributed by atoms with van der Waals surface area (Å²) in [5.74, 6) is 0.884. The highest BCUT2D eigenvalue weighted by molar-refractivity contribution is 5.80. The van der Waals surface area contributed by atoms with Crippen LogP contribution in [0.15, 0.2) is 18.3 Å². The van der Waals surface area contributed by atoms with Crippen LogP contribution in [-0.4, -0.2) is 48.5 Å². The van der Waals surface area contributed by atoms with Gasteiger partial charge in [0.1, 0.15) is 5.82 Å². The Hall–Kier alpha value is -1.62. The van der Waals surface area contributed by atoms with Crippen LogP contribution in [-0.2, 0) is 10.2 Å². The minimum absolute atomic E-state index is 0.0994. The lowest BCUT2D eigenvalue weighted by molar-refractivity contribution is -0.129. The average molecular weight is 276 g/mol. The summed E-state index contributed by atoms with van der Waals surface area (Å²) >= 11 is 0. The third kappa shape index (κ3) is 3.93. The quantitative estimate of drug-likeness (QED) is 0.871. The van der Waals surface area contributed by atoms with Gasteiger partial charge in [0.25, 0.3) is 0 Å². The first-order valence-corrected chi connectivity index (χ1v) is 7.16. The SMILES string of the molecule is CC(C)(C)c1ccc(NCC(=O)N2CCNCC2)nc1. The van der Waals surface area contributed by atoms with Crippen LogP contribution in [0.5, 0.6) is 0 Å². The second-order valence-corrected chi connectivity index (χ2v) is 6.17. The standard InChI is InChI=1S/C15H24N4O/c1-15(2,3)12-4-5-13(17-10-12)18-11-14(20)19-8-6-16-7-9-19/h4-5,10,16H,6-9,11H2,1-3H3,(H,17,18).